The standard InChI is InChI=1S/C36H60/c1-3-5-6-8-30-21-25-35(26-22-30)36-27-23-34(24-28-36)20-19-33-17-15-32(16-18-33)14-13-31-11-9-29(7-4-2)10-12-31/h23-24,27-33,35H,3-22,25-26H2,1-2H3/t29-,30-,31-,32-,33-,35-. The second-order valence-corrected chi connectivity index (χ2v) is 13.6. The van der Waals surface area contributed by atoms with E-state index in [2.05, 4.69) is 38.1 Å². The first-order valence-electron chi connectivity index (χ1n) is 16.8. The monoisotopic (exact) mass is 492 g/mol. The lowest BCUT2D eigenvalue weighted by Gasteiger charge is -2.32. The Hall–Kier alpha value is -0.780. The summed E-state index contributed by atoms with van der Waals surface area (Å²) in [7, 11) is 0. The summed E-state index contributed by atoms with van der Waals surface area (Å²) in [6.07, 6.45) is 32.5. The number of hydrogen-bond donors (Lipinski definition) is 0. The van der Waals surface area contributed by atoms with Gasteiger partial charge in [-0.25, -0.2) is 0 Å². The van der Waals surface area contributed by atoms with E-state index in [1.54, 1.807) is 30.4 Å². The van der Waals surface area contributed by atoms with E-state index in [1.807, 2.05) is 0 Å². The molecule has 0 aliphatic heterocycles. The van der Waals surface area contributed by atoms with Crippen LogP contribution in [0.15, 0.2) is 24.3 Å². The van der Waals surface area contributed by atoms with E-state index in [0.29, 0.717) is 0 Å². The van der Waals surface area contributed by atoms with Crippen molar-refractivity contribution in [2.24, 2.45) is 29.6 Å². The van der Waals surface area contributed by atoms with Crippen LogP contribution in [0, 0.1) is 29.6 Å². The highest BCUT2D eigenvalue weighted by Crippen LogP contribution is 2.40. The predicted octanol–water partition coefficient (Wildman–Crippen LogP) is 11.7. The molecule has 0 spiro atoms. The molecule has 1 aromatic rings. The maximum atomic E-state index is 2.49. The third-order valence-electron chi connectivity index (χ3n) is 11.0. The quantitative estimate of drug-likeness (QED) is 0.240. The van der Waals surface area contributed by atoms with Gasteiger partial charge in [-0.3, -0.25) is 0 Å². The zero-order chi connectivity index (χ0) is 25.0. The maximum Gasteiger partial charge on any atom is -0.0162 e. The van der Waals surface area contributed by atoms with Crippen molar-refractivity contribution >= 4 is 0 Å². The first-order chi connectivity index (χ1) is 17.7. The number of rotatable bonds is 13. The second kappa shape index (κ2) is 15.6. The Morgan fingerprint density at radius 1 is 0.472 bits per heavy atom. The summed E-state index contributed by atoms with van der Waals surface area (Å²) < 4.78 is 0. The van der Waals surface area contributed by atoms with Crippen molar-refractivity contribution in [1.82, 2.24) is 0 Å². The zero-order valence-electron chi connectivity index (χ0n) is 24.3. The van der Waals surface area contributed by atoms with Crippen LogP contribution in [-0.2, 0) is 6.42 Å². The molecule has 0 aromatic heterocycles. The Bertz CT molecular complexity index is 677. The summed E-state index contributed by atoms with van der Waals surface area (Å²) in [6.45, 7) is 4.69. The van der Waals surface area contributed by atoms with Gasteiger partial charge in [0.2, 0.25) is 0 Å². The number of hydrogen-bond acceptors (Lipinski definition) is 0. The van der Waals surface area contributed by atoms with Gasteiger partial charge in [-0.15, -0.1) is 0 Å². The van der Waals surface area contributed by atoms with Gasteiger partial charge >= 0.3 is 0 Å². The third kappa shape index (κ3) is 9.20. The molecule has 0 heterocycles. The van der Waals surface area contributed by atoms with Crippen molar-refractivity contribution in [1.29, 1.82) is 0 Å². The molecule has 4 rings (SSSR count). The summed E-state index contributed by atoms with van der Waals surface area (Å²) in [4.78, 5) is 0. The van der Waals surface area contributed by atoms with Crippen LogP contribution < -0.4 is 0 Å². The van der Waals surface area contributed by atoms with Crippen molar-refractivity contribution in [2.75, 3.05) is 0 Å². The van der Waals surface area contributed by atoms with Gasteiger partial charge < -0.3 is 0 Å². The average Bonchev–Trinajstić information content (AvgIpc) is 2.93. The molecule has 36 heavy (non-hydrogen) atoms. The van der Waals surface area contributed by atoms with Gasteiger partial charge in [-0.2, -0.15) is 0 Å². The molecule has 3 aliphatic rings. The molecule has 0 bridgehead atoms. The highest BCUT2D eigenvalue weighted by atomic mass is 14.3. The second-order valence-electron chi connectivity index (χ2n) is 13.6. The van der Waals surface area contributed by atoms with Crippen molar-refractivity contribution in [3.63, 3.8) is 0 Å². The molecule has 0 unspecified atom stereocenters. The van der Waals surface area contributed by atoms with E-state index in [4.69, 9.17) is 0 Å². The van der Waals surface area contributed by atoms with Crippen molar-refractivity contribution < 1.29 is 0 Å². The largest absolute Gasteiger partial charge is 0.0654 e. The molecule has 0 heteroatoms. The van der Waals surface area contributed by atoms with Crippen LogP contribution in [0.3, 0.4) is 0 Å². The minimum Gasteiger partial charge on any atom is -0.0654 e. The molecule has 0 atom stereocenters. The van der Waals surface area contributed by atoms with Crippen LogP contribution in [0.4, 0.5) is 0 Å². The molecule has 3 saturated carbocycles. The summed E-state index contributed by atoms with van der Waals surface area (Å²) in [6, 6.07) is 9.93. The lowest BCUT2D eigenvalue weighted by molar-refractivity contribution is 0.209. The Labute approximate surface area is 225 Å². The molecular formula is C36H60. The number of unbranched alkanes of at least 4 members (excludes halogenated alkanes) is 2. The molecule has 3 fully saturated rings. The van der Waals surface area contributed by atoms with Crippen molar-refractivity contribution in [3.8, 4) is 0 Å². The highest BCUT2D eigenvalue weighted by Gasteiger charge is 2.25. The van der Waals surface area contributed by atoms with Gasteiger partial charge in [-0.1, -0.05) is 141 Å². The van der Waals surface area contributed by atoms with Crippen LogP contribution in [0.5, 0.6) is 0 Å². The Balaban J connectivity index is 1.07. The van der Waals surface area contributed by atoms with E-state index in [1.165, 1.54) is 122 Å². The van der Waals surface area contributed by atoms with Gasteiger partial charge in [0.1, 0.15) is 0 Å². The molecule has 1 aromatic carbocycles. The summed E-state index contributed by atoms with van der Waals surface area (Å²) in [5, 5.41) is 0. The number of benzene rings is 1. The van der Waals surface area contributed by atoms with Crippen LogP contribution in [0.1, 0.15) is 166 Å². The first kappa shape index (κ1) is 28.2. The average molecular weight is 493 g/mol. The lowest BCUT2D eigenvalue weighted by Crippen LogP contribution is -2.18. The fraction of sp³-hybridized carbons (Fsp3) is 0.833. The molecule has 0 amide bonds. The topological polar surface area (TPSA) is 0 Å². The summed E-state index contributed by atoms with van der Waals surface area (Å²) >= 11 is 0. The summed E-state index contributed by atoms with van der Waals surface area (Å²) in [5.41, 5.74) is 3.22. The van der Waals surface area contributed by atoms with E-state index in [0.717, 1.165) is 35.5 Å². The van der Waals surface area contributed by atoms with E-state index >= 15 is 0 Å². The van der Waals surface area contributed by atoms with Crippen LogP contribution in [0.25, 0.3) is 0 Å². The summed E-state index contributed by atoms with van der Waals surface area (Å²) in [5.74, 6) is 6.04. The van der Waals surface area contributed by atoms with E-state index in [-0.39, 0.29) is 0 Å². The SMILES string of the molecule is CCCCC[C@H]1CC[C@H](c2ccc(CC[C@H]3CC[C@H](CC[C@H]4CC[C@H](CCC)CC4)CC3)cc2)CC1. The third-order valence-corrected chi connectivity index (χ3v) is 11.0. The fourth-order valence-corrected chi connectivity index (χ4v) is 8.29. The van der Waals surface area contributed by atoms with Crippen molar-refractivity contribution in [2.45, 2.75) is 161 Å². The minimum absolute atomic E-state index is 0.836. The van der Waals surface area contributed by atoms with Crippen molar-refractivity contribution in [3.05, 3.63) is 35.4 Å². The predicted molar refractivity (Wildman–Crippen MR) is 159 cm³/mol. The van der Waals surface area contributed by atoms with E-state index in [9.17, 15) is 0 Å². The van der Waals surface area contributed by atoms with Crippen LogP contribution in [-0.4, -0.2) is 0 Å². The molecule has 3 aliphatic carbocycles. The van der Waals surface area contributed by atoms with Gasteiger partial charge in [-0.05, 0) is 85.2 Å². The maximum absolute atomic E-state index is 2.49. The molecule has 0 N–H and O–H groups in total. The molecule has 204 valence electrons. The fourth-order valence-electron chi connectivity index (χ4n) is 8.29. The molecule has 0 nitrogen and oxygen atoms in total. The lowest BCUT2D eigenvalue weighted by atomic mass is 9.74. The Morgan fingerprint density at radius 3 is 1.47 bits per heavy atom. The zero-order valence-corrected chi connectivity index (χ0v) is 24.3. The van der Waals surface area contributed by atoms with Gasteiger partial charge in [0.25, 0.3) is 0 Å². The number of aryl methyl sites for hydroxylation is 1. The Kier molecular flexibility index (Phi) is 12.2. The molecular weight excluding hydrogens is 432 g/mol. The minimum atomic E-state index is 0.836. The smallest absolute Gasteiger partial charge is 0.0162 e. The molecule has 0 saturated heterocycles. The molecule has 0 radical (unpaired) electrons. The Morgan fingerprint density at radius 2 is 0.944 bits per heavy atom. The van der Waals surface area contributed by atoms with Gasteiger partial charge in [0.15, 0.2) is 0 Å². The van der Waals surface area contributed by atoms with Crippen LogP contribution in [0.2, 0.25) is 0 Å². The van der Waals surface area contributed by atoms with Crippen LogP contribution >= 0.6 is 0 Å². The van der Waals surface area contributed by atoms with Gasteiger partial charge in [0, 0.05) is 0 Å². The van der Waals surface area contributed by atoms with Gasteiger partial charge in [0.05, 0.1) is 0 Å². The normalized spacial score (nSPS) is 31.4. The highest BCUT2D eigenvalue weighted by molar-refractivity contribution is 5.26. The first-order valence-corrected chi connectivity index (χ1v) is 16.8. The van der Waals surface area contributed by atoms with E-state index < -0.39 is 0 Å².